The molecule has 4 rings (SSSR count). The number of hydrogen-bond donors (Lipinski definition) is 2. The van der Waals surface area contributed by atoms with Crippen LogP contribution >= 0.6 is 15.9 Å². The van der Waals surface area contributed by atoms with Crippen LogP contribution in [0, 0.1) is 5.82 Å². The molecule has 1 amide bonds. The molecule has 2 aliphatic rings. The second kappa shape index (κ2) is 5.33. The summed E-state index contributed by atoms with van der Waals surface area (Å²) >= 11 is 3.22. The Morgan fingerprint density at radius 2 is 2.26 bits per heavy atom. The molecule has 0 radical (unpaired) electrons. The summed E-state index contributed by atoms with van der Waals surface area (Å²) in [6.45, 7) is 0.531. The Morgan fingerprint density at radius 3 is 3.04 bits per heavy atom. The highest BCUT2D eigenvalue weighted by atomic mass is 79.9. The molecule has 1 atom stereocenters. The average molecular weight is 380 g/mol. The lowest BCUT2D eigenvalue weighted by Crippen LogP contribution is -2.29. The largest absolute Gasteiger partial charge is 0.465 e. The van der Waals surface area contributed by atoms with E-state index in [9.17, 15) is 14.3 Å². The number of nitrogens with zero attached hydrogens (tertiary/aromatic N) is 2. The van der Waals surface area contributed by atoms with Crippen molar-refractivity contribution in [2.75, 3.05) is 6.54 Å². The monoisotopic (exact) mass is 379 g/mol. The number of amides is 1. The number of likely N-dealkylation sites (tertiary alicyclic amines) is 1. The van der Waals surface area contributed by atoms with Gasteiger partial charge in [-0.1, -0.05) is 6.07 Å². The Hall–Kier alpha value is -1.89. The molecule has 1 aromatic carbocycles. The van der Waals surface area contributed by atoms with Crippen molar-refractivity contribution in [3.8, 4) is 11.3 Å². The van der Waals surface area contributed by atoms with Gasteiger partial charge in [-0.15, -0.1) is 0 Å². The number of aryl methyl sites for hydroxylation is 1. The standard InChI is InChI=1S/C16H15BrFN3O2/c17-10-5-3-9-8(13(10)18)4-6-11-14(9)20-15(19-11)12-2-1-7-21(12)16(22)23/h3,5,12H,1-2,4,6-7H2,(H,19,20)(H,22,23). The van der Waals surface area contributed by atoms with Gasteiger partial charge in [0.2, 0.25) is 0 Å². The summed E-state index contributed by atoms with van der Waals surface area (Å²) < 4.78 is 14.7. The second-order valence-electron chi connectivity index (χ2n) is 5.97. The van der Waals surface area contributed by atoms with Crippen LogP contribution in [0.4, 0.5) is 9.18 Å². The van der Waals surface area contributed by atoms with Crippen molar-refractivity contribution < 1.29 is 14.3 Å². The third-order valence-electron chi connectivity index (χ3n) is 4.69. The number of H-pyrrole nitrogens is 1. The molecule has 23 heavy (non-hydrogen) atoms. The molecule has 1 aliphatic carbocycles. The first-order valence-corrected chi connectivity index (χ1v) is 8.41. The topological polar surface area (TPSA) is 69.2 Å². The van der Waals surface area contributed by atoms with Crippen LogP contribution in [-0.2, 0) is 12.8 Å². The predicted molar refractivity (Wildman–Crippen MR) is 85.8 cm³/mol. The molecule has 1 aliphatic heterocycles. The van der Waals surface area contributed by atoms with Gasteiger partial charge in [-0.2, -0.15) is 0 Å². The Bertz CT molecular complexity index is 805. The fraction of sp³-hybridized carbons (Fsp3) is 0.375. The number of hydrogen-bond acceptors (Lipinski definition) is 2. The number of fused-ring (bicyclic) bond motifs is 3. The van der Waals surface area contributed by atoms with Crippen LogP contribution in [0.2, 0.25) is 0 Å². The highest BCUT2D eigenvalue weighted by Crippen LogP contribution is 2.38. The van der Waals surface area contributed by atoms with E-state index < -0.39 is 6.09 Å². The maximum Gasteiger partial charge on any atom is 0.407 e. The molecule has 2 N–H and O–H groups in total. The first-order valence-electron chi connectivity index (χ1n) is 7.62. The van der Waals surface area contributed by atoms with Crippen molar-refractivity contribution in [3.63, 3.8) is 0 Å². The highest BCUT2D eigenvalue weighted by molar-refractivity contribution is 9.10. The van der Waals surface area contributed by atoms with Crippen molar-refractivity contribution in [2.45, 2.75) is 31.7 Å². The lowest BCUT2D eigenvalue weighted by Gasteiger charge is -2.19. The molecule has 2 aromatic rings. The van der Waals surface area contributed by atoms with Crippen LogP contribution in [0.5, 0.6) is 0 Å². The summed E-state index contributed by atoms with van der Waals surface area (Å²) in [4.78, 5) is 20.7. The van der Waals surface area contributed by atoms with E-state index in [2.05, 4.69) is 25.9 Å². The van der Waals surface area contributed by atoms with Gasteiger partial charge < -0.3 is 10.1 Å². The van der Waals surface area contributed by atoms with Crippen molar-refractivity contribution in [1.29, 1.82) is 0 Å². The zero-order valence-corrected chi connectivity index (χ0v) is 13.9. The number of aromatic nitrogens is 2. The van der Waals surface area contributed by atoms with Crippen LogP contribution in [0.25, 0.3) is 11.3 Å². The fourth-order valence-electron chi connectivity index (χ4n) is 3.58. The van der Waals surface area contributed by atoms with Gasteiger partial charge in [0, 0.05) is 17.8 Å². The van der Waals surface area contributed by atoms with Gasteiger partial charge >= 0.3 is 6.09 Å². The smallest absolute Gasteiger partial charge is 0.407 e. The summed E-state index contributed by atoms with van der Waals surface area (Å²) in [7, 11) is 0. The summed E-state index contributed by atoms with van der Waals surface area (Å²) in [5.41, 5.74) is 3.19. The van der Waals surface area contributed by atoms with Crippen LogP contribution in [0.1, 0.15) is 36.0 Å². The SMILES string of the molecule is O=C(O)N1CCCC1c1nc2c([nH]1)CCc1c-2ccc(Br)c1F. The fourth-order valence-corrected chi connectivity index (χ4v) is 3.95. The first-order chi connectivity index (χ1) is 11.1. The van der Waals surface area contributed by atoms with Crippen molar-refractivity contribution in [1.82, 2.24) is 14.9 Å². The average Bonchev–Trinajstić information content (AvgIpc) is 3.16. The molecule has 1 saturated heterocycles. The number of rotatable bonds is 1. The molecule has 0 saturated carbocycles. The molecule has 2 heterocycles. The van der Waals surface area contributed by atoms with Crippen LogP contribution in [0.3, 0.4) is 0 Å². The molecule has 120 valence electrons. The van der Waals surface area contributed by atoms with E-state index in [0.29, 0.717) is 35.2 Å². The van der Waals surface area contributed by atoms with Gasteiger partial charge in [0.1, 0.15) is 11.6 Å². The van der Waals surface area contributed by atoms with Gasteiger partial charge in [0.25, 0.3) is 0 Å². The normalized spacial score (nSPS) is 19.6. The molecular formula is C16H15BrFN3O2. The Labute approximate surface area is 140 Å². The Morgan fingerprint density at radius 1 is 1.43 bits per heavy atom. The van der Waals surface area contributed by atoms with Crippen molar-refractivity contribution in [2.24, 2.45) is 0 Å². The van der Waals surface area contributed by atoms with Crippen LogP contribution in [0.15, 0.2) is 16.6 Å². The van der Waals surface area contributed by atoms with E-state index in [-0.39, 0.29) is 11.9 Å². The summed E-state index contributed by atoms with van der Waals surface area (Å²) in [5.74, 6) is 0.441. The molecule has 1 unspecified atom stereocenters. The lowest BCUT2D eigenvalue weighted by molar-refractivity contribution is 0.139. The van der Waals surface area contributed by atoms with Crippen molar-refractivity contribution in [3.05, 3.63) is 39.5 Å². The highest BCUT2D eigenvalue weighted by Gasteiger charge is 2.33. The number of nitrogens with one attached hydrogen (secondary N) is 1. The predicted octanol–water partition coefficient (Wildman–Crippen LogP) is 3.89. The van der Waals surface area contributed by atoms with Gasteiger partial charge in [-0.25, -0.2) is 14.2 Å². The third-order valence-corrected chi connectivity index (χ3v) is 5.30. The quantitative estimate of drug-likeness (QED) is 0.789. The zero-order chi connectivity index (χ0) is 16.1. The first kappa shape index (κ1) is 14.7. The summed E-state index contributed by atoms with van der Waals surface area (Å²) in [5, 5.41) is 9.30. The summed E-state index contributed by atoms with van der Waals surface area (Å²) in [6, 6.07) is 3.33. The van der Waals surface area contributed by atoms with Gasteiger partial charge in [0.15, 0.2) is 0 Å². The van der Waals surface area contributed by atoms with E-state index in [0.717, 1.165) is 29.8 Å². The minimum absolute atomic E-state index is 0.231. The molecule has 0 bridgehead atoms. The number of imidazole rings is 1. The molecule has 7 heteroatoms. The van der Waals surface area contributed by atoms with Crippen LogP contribution < -0.4 is 0 Å². The molecule has 1 fully saturated rings. The Kier molecular flexibility index (Phi) is 3.41. The Balaban J connectivity index is 1.77. The molecule has 5 nitrogen and oxygen atoms in total. The number of benzene rings is 1. The van der Waals surface area contributed by atoms with E-state index >= 15 is 0 Å². The van der Waals surface area contributed by atoms with E-state index in [4.69, 9.17) is 0 Å². The second-order valence-corrected chi connectivity index (χ2v) is 6.83. The third kappa shape index (κ3) is 2.25. The maximum atomic E-state index is 14.3. The minimum atomic E-state index is -0.919. The number of carboxylic acid groups (broad SMARTS) is 1. The number of carbonyl (C=O) groups is 1. The number of aromatic amines is 1. The van der Waals surface area contributed by atoms with Gasteiger partial charge in [0.05, 0.1) is 16.2 Å². The van der Waals surface area contributed by atoms with Crippen molar-refractivity contribution >= 4 is 22.0 Å². The lowest BCUT2D eigenvalue weighted by atomic mass is 9.92. The van der Waals surface area contributed by atoms with E-state index in [1.165, 1.54) is 4.90 Å². The van der Waals surface area contributed by atoms with E-state index in [1.54, 1.807) is 6.07 Å². The molecule has 0 spiro atoms. The number of halogens is 2. The van der Waals surface area contributed by atoms with Gasteiger partial charge in [-0.05, 0) is 53.2 Å². The zero-order valence-electron chi connectivity index (χ0n) is 12.3. The minimum Gasteiger partial charge on any atom is -0.465 e. The van der Waals surface area contributed by atoms with Crippen LogP contribution in [-0.4, -0.2) is 32.6 Å². The molecular weight excluding hydrogens is 365 g/mol. The summed E-state index contributed by atoms with van der Waals surface area (Å²) in [6.07, 6.45) is 1.98. The maximum absolute atomic E-state index is 14.3. The van der Waals surface area contributed by atoms with E-state index in [1.807, 2.05) is 6.07 Å². The molecule has 1 aromatic heterocycles. The van der Waals surface area contributed by atoms with Gasteiger partial charge in [-0.3, -0.25) is 4.90 Å².